The molecule has 0 aromatic rings. The summed E-state index contributed by atoms with van der Waals surface area (Å²) < 4.78 is 4.42. The maximum absolute atomic E-state index is 9.92. The number of rotatable bonds is 0. The Morgan fingerprint density at radius 2 is 2.83 bits per heavy atom. The maximum Gasteiger partial charge on any atom is 0.286 e. The van der Waals surface area contributed by atoms with Gasteiger partial charge in [-0.05, 0) is 0 Å². The number of hydrogen-bond acceptors (Lipinski definition) is 2. The first-order chi connectivity index (χ1) is 2.89. The molecule has 0 fully saturated rings. The normalized spacial score (nSPS) is 18.3. The van der Waals surface area contributed by atoms with Gasteiger partial charge < -0.3 is 4.74 Å². The third-order valence-electron chi connectivity index (χ3n) is 0.478. The van der Waals surface area contributed by atoms with Gasteiger partial charge in [0.1, 0.15) is 0 Å². The van der Waals surface area contributed by atoms with Crippen LogP contribution in [0.25, 0.3) is 0 Å². The zero-order chi connectivity index (χ0) is 4.41. The number of nitrogens with zero attached hydrogens (tertiary/aromatic N) is 1. The van der Waals surface area contributed by atoms with Crippen molar-refractivity contribution in [1.29, 1.82) is 0 Å². The van der Waals surface area contributed by atoms with Gasteiger partial charge in [-0.15, -0.1) is 0 Å². The summed E-state index contributed by atoms with van der Waals surface area (Å²) in [4.78, 5) is 13.2. The molecule has 3 heteroatoms. The van der Waals surface area contributed by atoms with Crippen molar-refractivity contribution >= 4 is 12.3 Å². The van der Waals surface area contributed by atoms with E-state index in [2.05, 4.69) is 9.73 Å². The van der Waals surface area contributed by atoms with Gasteiger partial charge in [0.2, 0.25) is 0 Å². The SMILES string of the molecule is O=C1COC=N1. The molecule has 32 valence electrons. The first-order valence-electron chi connectivity index (χ1n) is 1.56. The highest BCUT2D eigenvalue weighted by Gasteiger charge is 2.01. The van der Waals surface area contributed by atoms with Crippen molar-refractivity contribution in [3.8, 4) is 0 Å². The lowest BCUT2D eigenvalue weighted by atomic mass is 10.7. The Morgan fingerprint density at radius 1 is 2.00 bits per heavy atom. The molecule has 1 heterocycles. The molecule has 0 unspecified atom stereocenters. The van der Waals surface area contributed by atoms with Crippen LogP contribution in [0.3, 0.4) is 0 Å². The molecule has 3 nitrogen and oxygen atoms in total. The van der Waals surface area contributed by atoms with Gasteiger partial charge >= 0.3 is 0 Å². The van der Waals surface area contributed by atoms with E-state index < -0.39 is 0 Å². The van der Waals surface area contributed by atoms with Gasteiger partial charge in [0.25, 0.3) is 5.91 Å². The molecule has 1 rings (SSSR count). The highest BCUT2D eigenvalue weighted by atomic mass is 16.5. The summed E-state index contributed by atoms with van der Waals surface area (Å²) in [7, 11) is 0. The van der Waals surface area contributed by atoms with Gasteiger partial charge in [0, 0.05) is 0 Å². The Labute approximate surface area is 34.6 Å². The first-order valence-corrected chi connectivity index (χ1v) is 1.56. The fraction of sp³-hybridized carbons (Fsp3) is 0.333. The molecule has 1 aliphatic rings. The molecule has 0 spiro atoms. The van der Waals surface area contributed by atoms with Crippen molar-refractivity contribution in [3.05, 3.63) is 0 Å². The summed E-state index contributed by atoms with van der Waals surface area (Å²) in [5, 5.41) is 0. The fourth-order valence-electron chi connectivity index (χ4n) is 0.242. The Balaban J connectivity index is 2.59. The Hall–Kier alpha value is -0.860. The van der Waals surface area contributed by atoms with E-state index in [1.165, 1.54) is 0 Å². The molecular weight excluding hydrogens is 82.0 g/mol. The molecule has 0 radical (unpaired) electrons. The van der Waals surface area contributed by atoms with E-state index in [4.69, 9.17) is 0 Å². The van der Waals surface area contributed by atoms with Crippen molar-refractivity contribution in [1.82, 2.24) is 0 Å². The zero-order valence-corrected chi connectivity index (χ0v) is 3.05. The minimum absolute atomic E-state index is 0.125. The molecule has 0 N–H and O–H groups in total. The van der Waals surface area contributed by atoms with Gasteiger partial charge in [-0.1, -0.05) is 0 Å². The van der Waals surface area contributed by atoms with Gasteiger partial charge in [0.15, 0.2) is 13.0 Å². The quantitative estimate of drug-likeness (QED) is 0.400. The van der Waals surface area contributed by atoms with Crippen LogP contribution in [0.2, 0.25) is 0 Å². The van der Waals surface area contributed by atoms with E-state index in [0.717, 1.165) is 6.40 Å². The van der Waals surface area contributed by atoms with Crippen LogP contribution in [0.1, 0.15) is 0 Å². The monoisotopic (exact) mass is 85.0 g/mol. The molecule has 1 aliphatic heterocycles. The molecular formula is C3H3NO2. The average Bonchev–Trinajstić information content (AvgIpc) is 1.86. The van der Waals surface area contributed by atoms with Crippen molar-refractivity contribution in [2.75, 3.05) is 6.61 Å². The second-order valence-corrected chi connectivity index (χ2v) is 0.939. The predicted octanol–water partition coefficient (Wildman–Crippen LogP) is -0.428. The number of ether oxygens (including phenoxy) is 1. The summed E-state index contributed by atoms with van der Waals surface area (Å²) >= 11 is 0. The molecule has 0 aliphatic carbocycles. The first kappa shape index (κ1) is 3.33. The van der Waals surface area contributed by atoms with Crippen LogP contribution in [0, 0.1) is 0 Å². The lowest BCUT2D eigenvalue weighted by Gasteiger charge is -1.75. The number of hydrogen-bond donors (Lipinski definition) is 0. The van der Waals surface area contributed by atoms with Crippen molar-refractivity contribution < 1.29 is 9.53 Å². The van der Waals surface area contributed by atoms with E-state index in [9.17, 15) is 4.79 Å². The summed E-state index contributed by atoms with van der Waals surface area (Å²) in [6, 6.07) is 0. The van der Waals surface area contributed by atoms with Crippen LogP contribution in [0.4, 0.5) is 0 Å². The highest BCUT2D eigenvalue weighted by molar-refractivity contribution is 5.88. The molecule has 0 saturated heterocycles. The minimum atomic E-state index is -0.199. The molecule has 1 amide bonds. The topological polar surface area (TPSA) is 38.7 Å². The third-order valence-corrected chi connectivity index (χ3v) is 0.478. The molecule has 0 bridgehead atoms. The van der Waals surface area contributed by atoms with Crippen LogP contribution >= 0.6 is 0 Å². The van der Waals surface area contributed by atoms with Crippen LogP contribution < -0.4 is 0 Å². The smallest absolute Gasteiger partial charge is 0.286 e. The second kappa shape index (κ2) is 1.08. The predicted molar refractivity (Wildman–Crippen MR) is 19.5 cm³/mol. The lowest BCUT2D eigenvalue weighted by molar-refractivity contribution is -0.118. The summed E-state index contributed by atoms with van der Waals surface area (Å²) in [6.45, 7) is 0.125. The Morgan fingerprint density at radius 3 is 3.00 bits per heavy atom. The molecule has 6 heavy (non-hydrogen) atoms. The standard InChI is InChI=1S/C3H3NO2/c5-3-1-6-2-4-3/h2H,1H2. The van der Waals surface area contributed by atoms with E-state index in [0.29, 0.717) is 0 Å². The molecule has 0 saturated carbocycles. The lowest BCUT2D eigenvalue weighted by Crippen LogP contribution is -1.92. The van der Waals surface area contributed by atoms with Crippen LogP contribution in [0.5, 0.6) is 0 Å². The van der Waals surface area contributed by atoms with E-state index in [1.54, 1.807) is 0 Å². The van der Waals surface area contributed by atoms with Gasteiger partial charge in [-0.2, -0.15) is 4.99 Å². The van der Waals surface area contributed by atoms with Crippen LogP contribution in [0.15, 0.2) is 4.99 Å². The molecule has 0 aromatic heterocycles. The average molecular weight is 85.1 g/mol. The van der Waals surface area contributed by atoms with Crippen LogP contribution in [-0.4, -0.2) is 18.9 Å². The Kier molecular flexibility index (Phi) is 0.602. The van der Waals surface area contributed by atoms with Gasteiger partial charge in [-0.25, -0.2) is 0 Å². The summed E-state index contributed by atoms with van der Waals surface area (Å²) in [6.07, 6.45) is 1.16. The third kappa shape index (κ3) is 0.381. The largest absolute Gasteiger partial charge is 0.473 e. The van der Waals surface area contributed by atoms with E-state index in [-0.39, 0.29) is 12.5 Å². The van der Waals surface area contributed by atoms with Crippen molar-refractivity contribution in [3.63, 3.8) is 0 Å². The number of aliphatic imine (C=N–C) groups is 1. The summed E-state index contributed by atoms with van der Waals surface area (Å²) in [5.74, 6) is -0.199. The van der Waals surface area contributed by atoms with Gasteiger partial charge in [0.05, 0.1) is 0 Å². The minimum Gasteiger partial charge on any atom is -0.473 e. The van der Waals surface area contributed by atoms with Crippen LogP contribution in [-0.2, 0) is 9.53 Å². The van der Waals surface area contributed by atoms with E-state index in [1.807, 2.05) is 0 Å². The van der Waals surface area contributed by atoms with E-state index >= 15 is 0 Å². The highest BCUT2D eigenvalue weighted by Crippen LogP contribution is 1.83. The number of carbonyl (C=O) groups is 1. The van der Waals surface area contributed by atoms with Gasteiger partial charge in [-0.3, -0.25) is 4.79 Å². The Bertz CT molecular complexity index is 97.0. The maximum atomic E-state index is 9.92. The van der Waals surface area contributed by atoms with Crippen molar-refractivity contribution in [2.24, 2.45) is 4.99 Å². The number of amides is 1. The second-order valence-electron chi connectivity index (χ2n) is 0.939. The molecule has 0 atom stereocenters. The van der Waals surface area contributed by atoms with Crippen molar-refractivity contribution in [2.45, 2.75) is 0 Å². The zero-order valence-electron chi connectivity index (χ0n) is 3.05. The summed E-state index contributed by atoms with van der Waals surface area (Å²) in [5.41, 5.74) is 0. The fourth-order valence-corrected chi connectivity index (χ4v) is 0.242. The number of carbonyl (C=O) groups excluding carboxylic acids is 1. The molecule has 0 aromatic carbocycles.